The first kappa shape index (κ1) is 22.5. The standard InChI is InChI=1S/C20H25F3N4O2S/c1-19(2,3)15-5-7-16(8-6-15)30(28,29)27-12-4-11-26(13-14-27)18-24-10-9-17(25-18)20(21,22)23/h5-10H,4,11-14H2,1-3H3. The van der Waals surface area contributed by atoms with Crippen molar-refractivity contribution in [2.24, 2.45) is 0 Å². The molecule has 0 atom stereocenters. The number of alkyl halides is 3. The van der Waals surface area contributed by atoms with E-state index in [1.165, 1.54) is 4.31 Å². The Morgan fingerprint density at radius 1 is 0.933 bits per heavy atom. The van der Waals surface area contributed by atoms with Crippen molar-refractivity contribution in [3.8, 4) is 0 Å². The van der Waals surface area contributed by atoms with Crippen LogP contribution in [-0.4, -0.2) is 48.9 Å². The second-order valence-electron chi connectivity index (χ2n) is 8.26. The first-order valence-corrected chi connectivity index (χ1v) is 11.1. The molecule has 0 saturated carbocycles. The van der Waals surface area contributed by atoms with Gasteiger partial charge in [0.2, 0.25) is 16.0 Å². The Bertz CT molecular complexity index is 986. The Kier molecular flexibility index (Phi) is 6.10. The highest BCUT2D eigenvalue weighted by molar-refractivity contribution is 7.89. The number of nitrogens with zero attached hydrogens (tertiary/aromatic N) is 4. The molecule has 0 N–H and O–H groups in total. The largest absolute Gasteiger partial charge is 0.433 e. The Morgan fingerprint density at radius 2 is 1.60 bits per heavy atom. The van der Waals surface area contributed by atoms with Gasteiger partial charge < -0.3 is 4.90 Å². The Morgan fingerprint density at radius 3 is 2.20 bits per heavy atom. The Hall–Kier alpha value is -2.20. The van der Waals surface area contributed by atoms with Gasteiger partial charge in [-0.25, -0.2) is 18.4 Å². The zero-order valence-electron chi connectivity index (χ0n) is 17.1. The van der Waals surface area contributed by atoms with Gasteiger partial charge in [-0.1, -0.05) is 32.9 Å². The van der Waals surface area contributed by atoms with Crippen molar-refractivity contribution in [2.45, 2.75) is 43.7 Å². The number of benzene rings is 1. The number of hydrogen-bond acceptors (Lipinski definition) is 5. The van der Waals surface area contributed by atoms with Crippen LogP contribution in [0, 0.1) is 0 Å². The number of halogens is 3. The molecule has 2 heterocycles. The van der Waals surface area contributed by atoms with E-state index in [1.807, 2.05) is 12.1 Å². The van der Waals surface area contributed by atoms with Crippen LogP contribution in [0.3, 0.4) is 0 Å². The van der Waals surface area contributed by atoms with Crippen LogP contribution >= 0.6 is 0 Å². The molecule has 0 aliphatic carbocycles. The van der Waals surface area contributed by atoms with E-state index < -0.39 is 21.9 Å². The fraction of sp³-hybridized carbons (Fsp3) is 0.500. The van der Waals surface area contributed by atoms with E-state index in [-0.39, 0.29) is 35.9 Å². The molecule has 6 nitrogen and oxygen atoms in total. The van der Waals surface area contributed by atoms with Gasteiger partial charge in [-0.3, -0.25) is 0 Å². The third-order valence-electron chi connectivity index (χ3n) is 5.03. The van der Waals surface area contributed by atoms with Crippen molar-refractivity contribution in [3.05, 3.63) is 47.8 Å². The predicted molar refractivity (Wildman–Crippen MR) is 108 cm³/mol. The number of anilines is 1. The summed E-state index contributed by atoms with van der Waals surface area (Å²) in [7, 11) is -3.70. The number of hydrogen-bond donors (Lipinski definition) is 0. The molecule has 1 aliphatic rings. The smallest absolute Gasteiger partial charge is 0.339 e. The van der Waals surface area contributed by atoms with E-state index in [9.17, 15) is 21.6 Å². The highest BCUT2D eigenvalue weighted by Crippen LogP contribution is 2.29. The molecule has 10 heteroatoms. The molecule has 0 unspecified atom stereocenters. The second-order valence-corrected chi connectivity index (χ2v) is 10.2. The highest BCUT2D eigenvalue weighted by Gasteiger charge is 2.34. The topological polar surface area (TPSA) is 66.4 Å². The van der Waals surface area contributed by atoms with Crippen LogP contribution in [0.5, 0.6) is 0 Å². The molecule has 1 saturated heterocycles. The maximum absolute atomic E-state index is 13.1. The zero-order valence-corrected chi connectivity index (χ0v) is 18.0. The molecule has 0 amide bonds. The van der Waals surface area contributed by atoms with Crippen LogP contribution < -0.4 is 4.90 Å². The average Bonchev–Trinajstić information content (AvgIpc) is 2.94. The van der Waals surface area contributed by atoms with Crippen LogP contribution in [0.1, 0.15) is 38.4 Å². The summed E-state index contributed by atoms with van der Waals surface area (Å²) in [6, 6.07) is 7.66. The van der Waals surface area contributed by atoms with Crippen molar-refractivity contribution in [1.29, 1.82) is 0 Å². The van der Waals surface area contributed by atoms with Gasteiger partial charge >= 0.3 is 6.18 Å². The molecule has 30 heavy (non-hydrogen) atoms. The van der Waals surface area contributed by atoms with Crippen molar-refractivity contribution in [1.82, 2.24) is 14.3 Å². The van der Waals surface area contributed by atoms with Gasteiger partial charge in [0.25, 0.3) is 0 Å². The highest BCUT2D eigenvalue weighted by atomic mass is 32.2. The molecule has 1 aliphatic heterocycles. The number of aromatic nitrogens is 2. The fourth-order valence-corrected chi connectivity index (χ4v) is 4.74. The summed E-state index contributed by atoms with van der Waals surface area (Å²) in [5.74, 6) is -0.0430. The van der Waals surface area contributed by atoms with Gasteiger partial charge in [0.05, 0.1) is 4.90 Å². The predicted octanol–water partition coefficient (Wildman–Crippen LogP) is 3.69. The van der Waals surface area contributed by atoms with E-state index in [2.05, 4.69) is 30.7 Å². The van der Waals surface area contributed by atoms with Crippen LogP contribution in [-0.2, 0) is 21.6 Å². The molecule has 0 spiro atoms. The number of rotatable bonds is 3. The Balaban J connectivity index is 1.76. The summed E-state index contributed by atoms with van der Waals surface area (Å²) < 4.78 is 66.3. The van der Waals surface area contributed by atoms with Gasteiger partial charge in [0.1, 0.15) is 5.69 Å². The van der Waals surface area contributed by atoms with E-state index in [4.69, 9.17) is 0 Å². The molecule has 1 fully saturated rings. The summed E-state index contributed by atoms with van der Waals surface area (Å²) in [6.07, 6.45) is -3.03. The second kappa shape index (κ2) is 8.14. The van der Waals surface area contributed by atoms with Crippen molar-refractivity contribution < 1.29 is 21.6 Å². The van der Waals surface area contributed by atoms with Gasteiger partial charge in [0.15, 0.2) is 0 Å². The monoisotopic (exact) mass is 442 g/mol. The first-order chi connectivity index (χ1) is 13.9. The van der Waals surface area contributed by atoms with E-state index in [0.29, 0.717) is 13.0 Å². The van der Waals surface area contributed by atoms with Crippen molar-refractivity contribution >= 4 is 16.0 Å². The molecular weight excluding hydrogens is 417 g/mol. The summed E-state index contributed by atoms with van der Waals surface area (Å²) >= 11 is 0. The minimum atomic E-state index is -4.56. The SMILES string of the molecule is CC(C)(C)c1ccc(S(=O)(=O)N2CCCN(c3nccc(C(F)(F)F)n3)CC2)cc1. The average molecular weight is 443 g/mol. The molecular formula is C20H25F3N4O2S. The maximum atomic E-state index is 13.1. The lowest BCUT2D eigenvalue weighted by Gasteiger charge is -2.23. The van der Waals surface area contributed by atoms with Gasteiger partial charge in [-0.15, -0.1) is 0 Å². The lowest BCUT2D eigenvalue weighted by Crippen LogP contribution is -2.35. The normalized spacial score (nSPS) is 17.1. The fourth-order valence-electron chi connectivity index (χ4n) is 3.27. The van der Waals surface area contributed by atoms with Crippen LogP contribution in [0.4, 0.5) is 19.1 Å². The maximum Gasteiger partial charge on any atom is 0.433 e. The quantitative estimate of drug-likeness (QED) is 0.725. The summed E-state index contributed by atoms with van der Waals surface area (Å²) in [4.78, 5) is 9.35. The summed E-state index contributed by atoms with van der Waals surface area (Å²) in [5.41, 5.74) is -0.0681. The van der Waals surface area contributed by atoms with E-state index in [0.717, 1.165) is 17.8 Å². The minimum absolute atomic E-state index is 0.0430. The summed E-state index contributed by atoms with van der Waals surface area (Å²) in [6.45, 7) is 7.15. The molecule has 0 bridgehead atoms. The minimum Gasteiger partial charge on any atom is -0.339 e. The third-order valence-corrected chi connectivity index (χ3v) is 6.94. The zero-order chi connectivity index (χ0) is 22.2. The van der Waals surface area contributed by atoms with Crippen LogP contribution in [0.15, 0.2) is 41.4 Å². The van der Waals surface area contributed by atoms with Gasteiger partial charge in [0, 0.05) is 32.4 Å². The number of sulfonamides is 1. The molecule has 1 aromatic carbocycles. The van der Waals surface area contributed by atoms with Gasteiger partial charge in [-0.2, -0.15) is 17.5 Å². The van der Waals surface area contributed by atoms with Crippen molar-refractivity contribution in [3.63, 3.8) is 0 Å². The van der Waals surface area contributed by atoms with Gasteiger partial charge in [-0.05, 0) is 35.6 Å². The molecule has 1 aromatic heterocycles. The first-order valence-electron chi connectivity index (χ1n) is 9.65. The van der Waals surface area contributed by atoms with Crippen LogP contribution in [0.2, 0.25) is 0 Å². The van der Waals surface area contributed by atoms with E-state index >= 15 is 0 Å². The third kappa shape index (κ3) is 4.92. The van der Waals surface area contributed by atoms with Crippen molar-refractivity contribution in [2.75, 3.05) is 31.1 Å². The molecule has 2 aromatic rings. The molecule has 164 valence electrons. The molecule has 0 radical (unpaired) electrons. The lowest BCUT2D eigenvalue weighted by atomic mass is 9.87. The molecule has 3 rings (SSSR count). The Labute approximate surface area is 174 Å². The van der Waals surface area contributed by atoms with E-state index in [1.54, 1.807) is 17.0 Å². The summed E-state index contributed by atoms with van der Waals surface area (Å²) in [5, 5.41) is 0. The lowest BCUT2D eigenvalue weighted by molar-refractivity contribution is -0.141. The van der Waals surface area contributed by atoms with Crippen LogP contribution in [0.25, 0.3) is 0 Å².